The van der Waals surface area contributed by atoms with Gasteiger partial charge >= 0.3 is 0 Å². The molecular weight excluding hydrogens is 395 g/mol. The minimum absolute atomic E-state index is 0.783. The van der Waals surface area contributed by atoms with Crippen LogP contribution in [0.4, 0.5) is 0 Å². The Kier molecular flexibility index (Phi) is 4.15. The van der Waals surface area contributed by atoms with Gasteiger partial charge in [0.2, 0.25) is 0 Å². The topological polar surface area (TPSA) is 26.3 Å². The Balaban J connectivity index is 2.00. The van der Waals surface area contributed by atoms with E-state index < -0.39 is 7.14 Å². The summed E-state index contributed by atoms with van der Waals surface area (Å²) in [5, 5.41) is 2.59. The van der Waals surface area contributed by atoms with Gasteiger partial charge in [0, 0.05) is 26.0 Å². The SMILES string of the molecule is COc1ccc(C2=C(Br)c3ccccc3P2(=O)c2ccccc2)cc1. The van der Waals surface area contributed by atoms with Crippen LogP contribution in [0.1, 0.15) is 11.1 Å². The van der Waals surface area contributed by atoms with Crippen molar-refractivity contribution in [2.45, 2.75) is 0 Å². The summed E-state index contributed by atoms with van der Waals surface area (Å²) in [6.45, 7) is 0. The molecule has 0 fully saturated rings. The number of hydrogen-bond acceptors (Lipinski definition) is 2. The average Bonchev–Trinajstić information content (AvgIpc) is 2.91. The summed E-state index contributed by atoms with van der Waals surface area (Å²) < 4.78 is 20.6. The van der Waals surface area contributed by atoms with Gasteiger partial charge in [-0.1, -0.05) is 66.7 Å². The van der Waals surface area contributed by atoms with Crippen molar-refractivity contribution in [1.29, 1.82) is 0 Å². The number of benzene rings is 3. The quantitative estimate of drug-likeness (QED) is 0.551. The molecule has 4 heteroatoms. The van der Waals surface area contributed by atoms with Crippen molar-refractivity contribution in [2.75, 3.05) is 7.11 Å². The van der Waals surface area contributed by atoms with Crippen molar-refractivity contribution < 1.29 is 9.30 Å². The fraction of sp³-hybridized carbons (Fsp3) is 0.0476. The van der Waals surface area contributed by atoms with Crippen molar-refractivity contribution in [3.05, 3.63) is 90.0 Å². The Hall–Kier alpha value is -2.09. The highest BCUT2D eigenvalue weighted by Gasteiger charge is 2.42. The first kappa shape index (κ1) is 16.4. The molecule has 0 radical (unpaired) electrons. The van der Waals surface area contributed by atoms with Crippen LogP contribution in [-0.4, -0.2) is 7.11 Å². The lowest BCUT2D eigenvalue weighted by molar-refractivity contribution is 0.415. The summed E-state index contributed by atoms with van der Waals surface area (Å²) in [5.74, 6) is 0.783. The lowest BCUT2D eigenvalue weighted by Gasteiger charge is -2.19. The largest absolute Gasteiger partial charge is 0.497 e. The zero-order chi connectivity index (χ0) is 17.4. The molecule has 2 nitrogen and oxygen atoms in total. The maximum atomic E-state index is 14.4. The van der Waals surface area contributed by atoms with E-state index in [9.17, 15) is 4.57 Å². The Morgan fingerprint density at radius 3 is 2.16 bits per heavy atom. The lowest BCUT2D eigenvalue weighted by atomic mass is 10.1. The van der Waals surface area contributed by atoms with E-state index in [4.69, 9.17) is 4.74 Å². The number of methoxy groups -OCH3 is 1. The molecule has 0 bridgehead atoms. The van der Waals surface area contributed by atoms with E-state index in [0.717, 1.165) is 37.3 Å². The summed E-state index contributed by atoms with van der Waals surface area (Å²) in [5.41, 5.74) is 1.94. The molecule has 3 aromatic carbocycles. The minimum Gasteiger partial charge on any atom is -0.497 e. The molecule has 0 amide bonds. The molecule has 3 aromatic rings. The second-order valence-corrected chi connectivity index (χ2v) is 9.31. The molecule has 0 aromatic heterocycles. The number of ether oxygens (including phenoxy) is 1. The number of hydrogen-bond donors (Lipinski definition) is 0. The van der Waals surface area contributed by atoms with Crippen molar-refractivity contribution in [1.82, 2.24) is 0 Å². The molecule has 4 rings (SSSR count). The van der Waals surface area contributed by atoms with E-state index >= 15 is 0 Å². The molecular formula is C21H16BrO2P. The second kappa shape index (κ2) is 6.33. The van der Waals surface area contributed by atoms with Gasteiger partial charge in [-0.15, -0.1) is 0 Å². The highest BCUT2D eigenvalue weighted by atomic mass is 79.9. The first-order valence-electron chi connectivity index (χ1n) is 7.96. The maximum Gasteiger partial charge on any atom is 0.173 e. The van der Waals surface area contributed by atoms with Gasteiger partial charge < -0.3 is 9.30 Å². The third-order valence-electron chi connectivity index (χ3n) is 4.49. The van der Waals surface area contributed by atoms with Gasteiger partial charge in [0.25, 0.3) is 0 Å². The Labute approximate surface area is 155 Å². The van der Waals surface area contributed by atoms with Crippen LogP contribution in [0.2, 0.25) is 0 Å². The lowest BCUT2D eigenvalue weighted by Crippen LogP contribution is -2.15. The minimum atomic E-state index is -2.93. The molecule has 25 heavy (non-hydrogen) atoms. The first-order valence-corrected chi connectivity index (χ1v) is 10.5. The van der Waals surface area contributed by atoms with Gasteiger partial charge in [-0.3, -0.25) is 0 Å². The summed E-state index contributed by atoms with van der Waals surface area (Å²) >= 11 is 3.72. The fourth-order valence-corrected chi connectivity index (χ4v) is 7.86. The smallest absolute Gasteiger partial charge is 0.173 e. The van der Waals surface area contributed by atoms with Crippen LogP contribution in [0.15, 0.2) is 78.9 Å². The zero-order valence-electron chi connectivity index (χ0n) is 13.6. The van der Waals surface area contributed by atoms with E-state index in [1.807, 2.05) is 78.9 Å². The summed E-state index contributed by atoms with van der Waals surface area (Å²) in [6, 6.07) is 25.4. The molecule has 0 N–H and O–H groups in total. The summed E-state index contributed by atoms with van der Waals surface area (Å²) in [7, 11) is -1.29. The number of rotatable bonds is 3. The first-order chi connectivity index (χ1) is 12.2. The van der Waals surface area contributed by atoms with Crippen LogP contribution in [0.25, 0.3) is 9.80 Å². The highest BCUT2D eigenvalue weighted by molar-refractivity contribution is 9.15. The van der Waals surface area contributed by atoms with Gasteiger partial charge in [0.1, 0.15) is 5.75 Å². The Morgan fingerprint density at radius 2 is 1.48 bits per heavy atom. The van der Waals surface area contributed by atoms with Crippen molar-refractivity contribution in [3.8, 4) is 5.75 Å². The molecule has 1 aliphatic rings. The predicted octanol–water partition coefficient (Wildman–Crippen LogP) is 5.24. The highest BCUT2D eigenvalue weighted by Crippen LogP contribution is 2.65. The van der Waals surface area contributed by atoms with Gasteiger partial charge in [0.15, 0.2) is 7.14 Å². The van der Waals surface area contributed by atoms with E-state index in [1.54, 1.807) is 7.11 Å². The normalized spacial score (nSPS) is 19.0. The molecule has 0 aliphatic carbocycles. The monoisotopic (exact) mass is 410 g/mol. The van der Waals surface area contributed by atoms with Crippen molar-refractivity contribution in [3.63, 3.8) is 0 Å². The molecule has 0 spiro atoms. The van der Waals surface area contributed by atoms with E-state index in [-0.39, 0.29) is 0 Å². The van der Waals surface area contributed by atoms with Gasteiger partial charge in [0.05, 0.1) is 7.11 Å². The van der Waals surface area contributed by atoms with Crippen LogP contribution >= 0.6 is 23.1 Å². The van der Waals surface area contributed by atoms with E-state index in [2.05, 4.69) is 15.9 Å². The number of halogens is 1. The van der Waals surface area contributed by atoms with Crippen molar-refractivity contribution in [2.24, 2.45) is 0 Å². The fourth-order valence-electron chi connectivity index (χ4n) is 3.28. The molecule has 0 saturated carbocycles. The zero-order valence-corrected chi connectivity index (χ0v) is 16.1. The molecule has 124 valence electrons. The molecule has 1 aliphatic heterocycles. The molecule has 1 heterocycles. The van der Waals surface area contributed by atoms with E-state index in [0.29, 0.717) is 0 Å². The summed E-state index contributed by atoms with van der Waals surface area (Å²) in [6.07, 6.45) is 0. The standard InChI is InChI=1S/C21H16BrO2P/c1-24-16-13-11-15(12-14-16)21-20(22)18-9-5-6-10-19(18)25(21,23)17-7-3-2-4-8-17/h2-14H,1H3. The van der Waals surface area contributed by atoms with Crippen LogP contribution in [0.5, 0.6) is 5.75 Å². The summed E-state index contributed by atoms with van der Waals surface area (Å²) in [4.78, 5) is 0. The van der Waals surface area contributed by atoms with Crippen LogP contribution in [0, 0.1) is 0 Å². The van der Waals surface area contributed by atoms with Crippen LogP contribution in [0.3, 0.4) is 0 Å². The third-order valence-corrected chi connectivity index (χ3v) is 8.82. The molecule has 1 atom stereocenters. The third kappa shape index (κ3) is 2.50. The number of fused-ring (bicyclic) bond motifs is 1. The second-order valence-electron chi connectivity index (χ2n) is 5.85. The average molecular weight is 411 g/mol. The molecule has 1 unspecified atom stereocenters. The maximum absolute atomic E-state index is 14.4. The van der Waals surface area contributed by atoms with Crippen LogP contribution in [-0.2, 0) is 4.57 Å². The van der Waals surface area contributed by atoms with Crippen LogP contribution < -0.4 is 15.3 Å². The van der Waals surface area contributed by atoms with E-state index in [1.165, 1.54) is 0 Å². The molecule has 0 saturated heterocycles. The van der Waals surface area contributed by atoms with Gasteiger partial charge in [-0.2, -0.15) is 0 Å². The van der Waals surface area contributed by atoms with Gasteiger partial charge in [-0.25, -0.2) is 0 Å². The van der Waals surface area contributed by atoms with Crippen molar-refractivity contribution >= 4 is 43.5 Å². The Bertz CT molecular complexity index is 1010. The predicted molar refractivity (Wildman–Crippen MR) is 108 cm³/mol. The Morgan fingerprint density at radius 1 is 0.840 bits per heavy atom. The van der Waals surface area contributed by atoms with Gasteiger partial charge in [-0.05, 0) is 33.6 Å².